The largest absolute Gasteiger partial charge is 0.256 e. The van der Waals surface area contributed by atoms with Gasteiger partial charge in [0.1, 0.15) is 0 Å². The average molecular weight is 794 g/mol. The highest BCUT2D eigenvalue weighted by molar-refractivity contribution is 6.01. The van der Waals surface area contributed by atoms with E-state index in [0.29, 0.717) is 0 Å². The number of hydrogen-bond acceptors (Lipinski definition) is 3. The summed E-state index contributed by atoms with van der Waals surface area (Å²) < 4.78 is 0. The number of rotatable bonds is 9. The number of pyridine rings is 3. The lowest BCUT2D eigenvalue weighted by molar-refractivity contribution is 1.28. The van der Waals surface area contributed by atoms with Crippen LogP contribution < -0.4 is 0 Å². The second-order valence-corrected chi connectivity index (χ2v) is 15.6. The van der Waals surface area contributed by atoms with Crippen molar-refractivity contribution in [3.05, 3.63) is 253 Å². The van der Waals surface area contributed by atoms with Gasteiger partial charge in [0.25, 0.3) is 0 Å². The summed E-state index contributed by atoms with van der Waals surface area (Å²) in [6.45, 7) is 2.19. The summed E-state index contributed by atoms with van der Waals surface area (Å²) in [4.78, 5) is 14.9. The molecule has 294 valence electrons. The van der Waals surface area contributed by atoms with Crippen LogP contribution in [0, 0.1) is 6.92 Å². The van der Waals surface area contributed by atoms with Gasteiger partial charge in [-0.25, -0.2) is 0 Å². The van der Waals surface area contributed by atoms with E-state index in [0.717, 1.165) is 95.8 Å². The van der Waals surface area contributed by atoms with Crippen molar-refractivity contribution >= 4 is 16.7 Å². The number of aryl methyl sites for hydroxylation is 1. The molecule has 3 heterocycles. The van der Waals surface area contributed by atoms with Gasteiger partial charge in [0.05, 0.1) is 17.1 Å². The van der Waals surface area contributed by atoms with E-state index in [1.54, 1.807) is 0 Å². The minimum Gasteiger partial charge on any atom is -0.256 e. The van der Waals surface area contributed by atoms with Gasteiger partial charge in [-0.3, -0.25) is 15.0 Å². The van der Waals surface area contributed by atoms with Crippen LogP contribution in [0.3, 0.4) is 0 Å². The van der Waals surface area contributed by atoms with Gasteiger partial charge in [-0.15, -0.1) is 0 Å². The summed E-state index contributed by atoms with van der Waals surface area (Å²) in [6, 6.07) is 68.1. The van der Waals surface area contributed by atoms with E-state index in [1.807, 2.05) is 36.8 Å². The van der Waals surface area contributed by atoms with Crippen LogP contribution in [0.4, 0.5) is 0 Å². The van der Waals surface area contributed by atoms with Crippen LogP contribution in [-0.2, 0) is 0 Å². The molecule has 0 amide bonds. The molecule has 0 radical (unpaired) electrons. The van der Waals surface area contributed by atoms with E-state index in [4.69, 9.17) is 15.0 Å². The van der Waals surface area contributed by atoms with Crippen LogP contribution >= 0.6 is 0 Å². The Morgan fingerprint density at radius 3 is 1.27 bits per heavy atom. The molecule has 0 fully saturated rings. The van der Waals surface area contributed by atoms with Gasteiger partial charge in [-0.2, -0.15) is 0 Å². The molecule has 6 aromatic carbocycles. The summed E-state index contributed by atoms with van der Waals surface area (Å²) in [5.74, 6) is 0. The molecule has 62 heavy (non-hydrogen) atoms. The Kier molecular flexibility index (Phi) is 10.7. The predicted octanol–water partition coefficient (Wildman–Crippen LogP) is 15.1. The third kappa shape index (κ3) is 7.88. The number of allylic oxidation sites excluding steroid dienone is 6. The molecule has 10 rings (SSSR count). The third-order valence-electron chi connectivity index (χ3n) is 11.7. The summed E-state index contributed by atoms with van der Waals surface area (Å²) in [7, 11) is 0. The molecule has 3 nitrogen and oxygen atoms in total. The molecule has 0 unspecified atom stereocenters. The minimum absolute atomic E-state index is 0.732. The van der Waals surface area contributed by atoms with Crippen molar-refractivity contribution in [2.75, 3.05) is 0 Å². The van der Waals surface area contributed by atoms with E-state index in [2.05, 4.69) is 201 Å². The fourth-order valence-electron chi connectivity index (χ4n) is 8.51. The first-order valence-electron chi connectivity index (χ1n) is 21.1. The smallest absolute Gasteiger partial charge is 0.0705 e. The highest BCUT2D eigenvalue weighted by Gasteiger charge is 2.19. The topological polar surface area (TPSA) is 38.7 Å². The van der Waals surface area contributed by atoms with Gasteiger partial charge in [-0.05, 0) is 93.3 Å². The Bertz CT molecular complexity index is 3110. The Morgan fingerprint density at radius 1 is 0.323 bits per heavy atom. The molecule has 0 saturated heterocycles. The Labute approximate surface area is 363 Å². The van der Waals surface area contributed by atoms with Crippen molar-refractivity contribution in [3.8, 4) is 67.2 Å². The van der Waals surface area contributed by atoms with Crippen LogP contribution in [0.25, 0.3) is 83.9 Å². The fourth-order valence-corrected chi connectivity index (χ4v) is 8.51. The molecule has 1 aliphatic rings. The van der Waals surface area contributed by atoms with Crippen LogP contribution in [0.1, 0.15) is 28.7 Å². The predicted molar refractivity (Wildman–Crippen MR) is 259 cm³/mol. The Balaban J connectivity index is 1.10. The summed E-state index contributed by atoms with van der Waals surface area (Å²) >= 11 is 0. The lowest BCUT2D eigenvalue weighted by Gasteiger charge is -2.16. The van der Waals surface area contributed by atoms with Gasteiger partial charge in [0.2, 0.25) is 0 Å². The van der Waals surface area contributed by atoms with Crippen LogP contribution in [0.2, 0.25) is 0 Å². The zero-order valence-electron chi connectivity index (χ0n) is 34.5. The van der Waals surface area contributed by atoms with Crippen LogP contribution in [0.15, 0.2) is 231 Å². The van der Waals surface area contributed by atoms with E-state index in [1.165, 1.54) is 16.7 Å². The maximum absolute atomic E-state index is 4.98. The van der Waals surface area contributed by atoms with Gasteiger partial charge in [-0.1, -0.05) is 188 Å². The Morgan fingerprint density at radius 2 is 0.758 bits per heavy atom. The first kappa shape index (κ1) is 38.2. The standard InChI is InChI=1S/C59H43N3/c1-41-35-59(44-21-9-4-10-22-44)62-40-56(41)55-28-16-15-24-51(55)46-30-29-45(50-23-11-12-25-52(50)47-31-33-57(60-38-47)42-17-5-2-6-18-42)36-49(37-46)54-27-14-13-26-53(54)48-32-34-58(61-39-48)43-19-7-3-8-20-43/h2-28,30-40H,29H2,1H3. The fraction of sp³-hybridized carbons (Fsp3) is 0.0339. The normalized spacial score (nSPS) is 12.5. The van der Waals surface area contributed by atoms with Gasteiger partial charge in [0, 0.05) is 52.0 Å². The second kappa shape index (κ2) is 17.3. The molecule has 0 aliphatic heterocycles. The molecular weight excluding hydrogens is 751 g/mol. The molecule has 0 spiro atoms. The molecule has 9 aromatic rings. The van der Waals surface area contributed by atoms with Crippen LogP contribution in [0.5, 0.6) is 0 Å². The highest BCUT2D eigenvalue weighted by atomic mass is 14.7. The molecule has 3 aromatic heterocycles. The number of nitrogens with zero attached hydrogens (tertiary/aromatic N) is 3. The van der Waals surface area contributed by atoms with Gasteiger partial charge >= 0.3 is 0 Å². The maximum Gasteiger partial charge on any atom is 0.0705 e. The molecule has 0 bridgehead atoms. The lowest BCUT2D eigenvalue weighted by Crippen LogP contribution is -1.94. The first-order valence-corrected chi connectivity index (χ1v) is 21.1. The first-order chi connectivity index (χ1) is 30.7. The number of benzene rings is 6. The zero-order chi connectivity index (χ0) is 41.7. The Hall–Kier alpha value is -8.01. The van der Waals surface area contributed by atoms with Crippen molar-refractivity contribution in [1.82, 2.24) is 15.0 Å². The maximum atomic E-state index is 4.98. The number of aromatic nitrogens is 3. The van der Waals surface area contributed by atoms with Crippen molar-refractivity contribution in [2.45, 2.75) is 13.3 Å². The molecule has 0 saturated carbocycles. The molecule has 0 atom stereocenters. The summed E-state index contributed by atoms with van der Waals surface area (Å²) in [6.07, 6.45) is 13.9. The minimum atomic E-state index is 0.732. The third-order valence-corrected chi connectivity index (χ3v) is 11.7. The van der Waals surface area contributed by atoms with E-state index < -0.39 is 0 Å². The van der Waals surface area contributed by atoms with Crippen molar-refractivity contribution < 1.29 is 0 Å². The van der Waals surface area contributed by atoms with Gasteiger partial charge in [0.15, 0.2) is 0 Å². The summed E-state index contributed by atoms with van der Waals surface area (Å²) in [5, 5.41) is 0. The van der Waals surface area contributed by atoms with Crippen LogP contribution in [-0.4, -0.2) is 15.0 Å². The van der Waals surface area contributed by atoms with Crippen molar-refractivity contribution in [1.29, 1.82) is 0 Å². The molecule has 1 aliphatic carbocycles. The van der Waals surface area contributed by atoms with E-state index in [9.17, 15) is 0 Å². The quantitative estimate of drug-likeness (QED) is 0.146. The second-order valence-electron chi connectivity index (χ2n) is 15.6. The average Bonchev–Trinajstić information content (AvgIpc) is 3.58. The monoisotopic (exact) mass is 793 g/mol. The lowest BCUT2D eigenvalue weighted by atomic mass is 9.89. The highest BCUT2D eigenvalue weighted by Crippen LogP contribution is 2.42. The zero-order valence-corrected chi connectivity index (χ0v) is 34.5. The molecule has 0 N–H and O–H groups in total. The van der Waals surface area contributed by atoms with Crippen molar-refractivity contribution in [2.24, 2.45) is 0 Å². The van der Waals surface area contributed by atoms with E-state index >= 15 is 0 Å². The molecular formula is C59H43N3. The van der Waals surface area contributed by atoms with Gasteiger partial charge < -0.3 is 0 Å². The summed E-state index contributed by atoms with van der Waals surface area (Å²) in [5.41, 5.74) is 21.1. The number of hydrogen-bond donors (Lipinski definition) is 0. The van der Waals surface area contributed by atoms with Crippen molar-refractivity contribution in [3.63, 3.8) is 0 Å². The SMILES string of the molecule is Cc1cc(-c2ccccc2)ncc1-c1ccccc1C1=CCC(c2ccccc2-c2ccc(-c3ccccc3)nc2)=CC(c2ccccc2-c2ccc(-c3ccccc3)nc2)=C1. The molecule has 3 heteroatoms. The van der Waals surface area contributed by atoms with E-state index in [-0.39, 0.29) is 0 Å².